The third kappa shape index (κ3) is 14.3. The standard InChI is InChI=1S/C20H38N4O5S4/c1-30-9-5-13(21)17(25)22-14(6-10-31-2)18(26)23-15(7-11-32-3)19(27)24-16(20(28)29)8-12-33-4/h13-16H,5-12,21H2,1-4H3,(H,22,25)(H,23,26)(H,24,27)(H,28,29)/t13-,14-,15-,16-/m0/s1. The number of aliphatic carboxylic acids is 1. The van der Waals surface area contributed by atoms with Crippen molar-refractivity contribution in [1.29, 1.82) is 0 Å². The van der Waals surface area contributed by atoms with E-state index in [1.54, 1.807) is 11.8 Å². The van der Waals surface area contributed by atoms with Crippen LogP contribution in [-0.2, 0) is 19.2 Å². The fourth-order valence-electron chi connectivity index (χ4n) is 2.70. The van der Waals surface area contributed by atoms with Crippen molar-refractivity contribution in [3.63, 3.8) is 0 Å². The predicted octanol–water partition coefficient (Wildman–Crippen LogP) is 0.865. The number of hydrogen-bond acceptors (Lipinski definition) is 9. The van der Waals surface area contributed by atoms with Crippen LogP contribution in [0, 0.1) is 0 Å². The highest BCUT2D eigenvalue weighted by Gasteiger charge is 2.29. The minimum absolute atomic E-state index is 0.284. The minimum Gasteiger partial charge on any atom is -0.480 e. The van der Waals surface area contributed by atoms with E-state index in [1.165, 1.54) is 35.3 Å². The number of carbonyl (C=O) groups is 4. The lowest BCUT2D eigenvalue weighted by molar-refractivity contribution is -0.142. The van der Waals surface area contributed by atoms with E-state index in [1.807, 2.05) is 25.0 Å². The van der Waals surface area contributed by atoms with Gasteiger partial charge in [0.2, 0.25) is 17.7 Å². The molecule has 192 valence electrons. The van der Waals surface area contributed by atoms with Crippen LogP contribution in [0.2, 0.25) is 0 Å². The summed E-state index contributed by atoms with van der Waals surface area (Å²) >= 11 is 6.13. The summed E-state index contributed by atoms with van der Waals surface area (Å²) in [5.41, 5.74) is 5.93. The molecule has 0 saturated carbocycles. The molecular weight excluding hydrogens is 505 g/mol. The second-order valence-corrected chi connectivity index (χ2v) is 11.2. The predicted molar refractivity (Wildman–Crippen MR) is 143 cm³/mol. The number of carbonyl (C=O) groups excluding carboxylic acids is 3. The maximum Gasteiger partial charge on any atom is 0.326 e. The summed E-state index contributed by atoms with van der Waals surface area (Å²) in [5.74, 6) is 0.00466. The topological polar surface area (TPSA) is 151 Å². The molecule has 0 rings (SSSR count). The molecule has 6 N–H and O–H groups in total. The van der Waals surface area contributed by atoms with Crippen LogP contribution in [0.1, 0.15) is 25.7 Å². The van der Waals surface area contributed by atoms with Crippen molar-refractivity contribution in [2.45, 2.75) is 49.9 Å². The molecule has 0 bridgehead atoms. The Kier molecular flexibility index (Phi) is 19.1. The monoisotopic (exact) mass is 542 g/mol. The normalized spacial score (nSPS) is 14.6. The second kappa shape index (κ2) is 19.5. The second-order valence-electron chi connectivity index (χ2n) is 7.25. The molecule has 0 saturated heterocycles. The number of thioether (sulfide) groups is 4. The highest BCUT2D eigenvalue weighted by molar-refractivity contribution is 7.99. The molecule has 0 aliphatic heterocycles. The minimum atomic E-state index is -1.11. The molecule has 0 unspecified atom stereocenters. The average molecular weight is 543 g/mol. The zero-order chi connectivity index (χ0) is 25.2. The van der Waals surface area contributed by atoms with Gasteiger partial charge in [0.05, 0.1) is 6.04 Å². The Bertz CT molecular complexity index is 615. The van der Waals surface area contributed by atoms with Gasteiger partial charge in [0.15, 0.2) is 0 Å². The summed E-state index contributed by atoms with van der Waals surface area (Å²) in [7, 11) is 0. The Labute approximate surface area is 214 Å². The average Bonchev–Trinajstić information content (AvgIpc) is 2.79. The summed E-state index contributed by atoms with van der Waals surface area (Å²) in [6.45, 7) is 0. The van der Waals surface area contributed by atoms with Crippen LogP contribution in [0.3, 0.4) is 0 Å². The van der Waals surface area contributed by atoms with E-state index in [9.17, 15) is 24.3 Å². The lowest BCUT2D eigenvalue weighted by atomic mass is 10.1. The summed E-state index contributed by atoms with van der Waals surface area (Å²) in [6.07, 6.45) is 9.07. The highest BCUT2D eigenvalue weighted by atomic mass is 32.2. The molecule has 3 amide bonds. The van der Waals surface area contributed by atoms with E-state index < -0.39 is 47.9 Å². The molecule has 0 aliphatic rings. The van der Waals surface area contributed by atoms with E-state index in [0.717, 1.165) is 5.75 Å². The zero-order valence-electron chi connectivity index (χ0n) is 19.8. The van der Waals surface area contributed by atoms with Gasteiger partial charge in [-0.25, -0.2) is 4.79 Å². The Morgan fingerprint density at radius 1 is 0.636 bits per heavy atom. The third-order valence-electron chi connectivity index (χ3n) is 4.68. The molecule has 0 fully saturated rings. The lowest BCUT2D eigenvalue weighted by Crippen LogP contribution is -2.57. The molecule has 0 aromatic carbocycles. The molecule has 4 atom stereocenters. The third-order valence-corrected chi connectivity index (χ3v) is 7.26. The van der Waals surface area contributed by atoms with Crippen molar-refractivity contribution in [3.8, 4) is 0 Å². The van der Waals surface area contributed by atoms with E-state index in [4.69, 9.17) is 5.73 Å². The van der Waals surface area contributed by atoms with Gasteiger partial charge < -0.3 is 26.8 Å². The Morgan fingerprint density at radius 3 is 1.36 bits per heavy atom. The van der Waals surface area contributed by atoms with E-state index in [0.29, 0.717) is 36.5 Å². The maximum atomic E-state index is 13.0. The van der Waals surface area contributed by atoms with Crippen molar-refractivity contribution >= 4 is 70.7 Å². The largest absolute Gasteiger partial charge is 0.480 e. The van der Waals surface area contributed by atoms with Crippen molar-refractivity contribution in [1.82, 2.24) is 16.0 Å². The van der Waals surface area contributed by atoms with Crippen LogP contribution in [0.15, 0.2) is 0 Å². The van der Waals surface area contributed by atoms with Gasteiger partial charge in [0.1, 0.15) is 18.1 Å². The summed E-state index contributed by atoms with van der Waals surface area (Å²) < 4.78 is 0. The first kappa shape index (κ1) is 32.2. The zero-order valence-corrected chi connectivity index (χ0v) is 23.0. The van der Waals surface area contributed by atoms with Crippen LogP contribution in [0.25, 0.3) is 0 Å². The van der Waals surface area contributed by atoms with Gasteiger partial charge in [-0.05, 0) is 73.7 Å². The number of amides is 3. The van der Waals surface area contributed by atoms with Gasteiger partial charge in [0.25, 0.3) is 0 Å². The maximum absolute atomic E-state index is 13.0. The quantitative estimate of drug-likeness (QED) is 0.159. The van der Waals surface area contributed by atoms with Crippen LogP contribution < -0.4 is 21.7 Å². The molecule has 0 aromatic heterocycles. The first-order valence-electron chi connectivity index (χ1n) is 10.6. The Hall–Kier alpha value is -0.760. The van der Waals surface area contributed by atoms with E-state index in [-0.39, 0.29) is 6.42 Å². The van der Waals surface area contributed by atoms with Crippen molar-refractivity contribution in [3.05, 3.63) is 0 Å². The van der Waals surface area contributed by atoms with Crippen molar-refractivity contribution in [2.24, 2.45) is 5.73 Å². The van der Waals surface area contributed by atoms with Crippen LogP contribution in [0.4, 0.5) is 0 Å². The van der Waals surface area contributed by atoms with Crippen LogP contribution >= 0.6 is 47.0 Å². The lowest BCUT2D eigenvalue weighted by Gasteiger charge is -2.25. The first-order valence-corrected chi connectivity index (χ1v) is 16.1. The summed E-state index contributed by atoms with van der Waals surface area (Å²) in [6, 6.07) is -3.48. The van der Waals surface area contributed by atoms with Gasteiger partial charge in [0, 0.05) is 0 Å². The molecule has 0 heterocycles. The Morgan fingerprint density at radius 2 is 0.970 bits per heavy atom. The molecular formula is C20H38N4O5S4. The highest BCUT2D eigenvalue weighted by Crippen LogP contribution is 2.08. The first-order chi connectivity index (χ1) is 15.7. The molecule has 9 nitrogen and oxygen atoms in total. The molecule has 33 heavy (non-hydrogen) atoms. The fourth-order valence-corrected chi connectivity index (χ4v) is 4.61. The van der Waals surface area contributed by atoms with Crippen molar-refractivity contribution < 1.29 is 24.3 Å². The molecule has 13 heteroatoms. The van der Waals surface area contributed by atoms with Crippen molar-refractivity contribution in [2.75, 3.05) is 48.0 Å². The van der Waals surface area contributed by atoms with E-state index in [2.05, 4.69) is 16.0 Å². The number of carboxylic acids is 1. The van der Waals surface area contributed by atoms with Gasteiger partial charge >= 0.3 is 5.97 Å². The number of nitrogens with one attached hydrogen (secondary N) is 3. The molecule has 0 aliphatic carbocycles. The van der Waals surface area contributed by atoms with Gasteiger partial charge in [-0.2, -0.15) is 47.0 Å². The van der Waals surface area contributed by atoms with Crippen LogP contribution in [-0.4, -0.2) is 101 Å². The SMILES string of the molecule is CSCC[C@H](NC(=O)[C@H](CCSC)NC(=O)[C@H](CCSC)NC(=O)[C@@H](N)CCSC)C(=O)O. The smallest absolute Gasteiger partial charge is 0.326 e. The molecule has 0 aromatic rings. The number of carboxylic acid groups (broad SMARTS) is 1. The molecule has 0 spiro atoms. The number of hydrogen-bond donors (Lipinski definition) is 5. The Balaban J connectivity index is 5.32. The van der Waals surface area contributed by atoms with Crippen LogP contribution in [0.5, 0.6) is 0 Å². The molecule has 0 radical (unpaired) electrons. The van der Waals surface area contributed by atoms with Gasteiger partial charge in [-0.3, -0.25) is 14.4 Å². The number of nitrogens with two attached hydrogens (primary N) is 1. The summed E-state index contributed by atoms with van der Waals surface area (Å²) in [5, 5.41) is 17.4. The van der Waals surface area contributed by atoms with E-state index >= 15 is 0 Å². The number of rotatable bonds is 19. The fraction of sp³-hybridized carbons (Fsp3) is 0.800. The van der Waals surface area contributed by atoms with Gasteiger partial charge in [-0.15, -0.1) is 0 Å². The van der Waals surface area contributed by atoms with Gasteiger partial charge in [-0.1, -0.05) is 0 Å². The summed E-state index contributed by atoms with van der Waals surface area (Å²) in [4.78, 5) is 49.8.